The van der Waals surface area contributed by atoms with Crippen molar-refractivity contribution in [1.29, 1.82) is 0 Å². The Morgan fingerprint density at radius 2 is 1.79 bits per heavy atom. The standard InChI is InChI=1S/C27H27F2N5O4/c28-21-6-3-18-15-24(21)38-12-2-1-11-37-23-16-19(32-27-31-17-22(29)25(18)33-27)4-5-20(23)26(35)30-7-8-34-9-13-36-14-10-34/h1-6,15-17H,7-14H2,(H,30,35)(H,31,32,33)/b2-1-. The molecule has 2 aliphatic rings. The van der Waals surface area contributed by atoms with E-state index in [9.17, 15) is 13.6 Å². The van der Waals surface area contributed by atoms with Gasteiger partial charge in [-0.25, -0.2) is 18.7 Å². The van der Waals surface area contributed by atoms with Gasteiger partial charge in [0.15, 0.2) is 17.4 Å². The summed E-state index contributed by atoms with van der Waals surface area (Å²) in [5.41, 5.74) is 1.24. The molecular formula is C27H27F2N5O4. The monoisotopic (exact) mass is 523 g/mol. The highest BCUT2D eigenvalue weighted by molar-refractivity contribution is 5.97. The molecule has 1 aromatic heterocycles. The van der Waals surface area contributed by atoms with Gasteiger partial charge in [0, 0.05) is 43.5 Å². The molecule has 2 N–H and O–H groups in total. The number of anilines is 2. The van der Waals surface area contributed by atoms with Crippen molar-refractivity contribution in [2.75, 3.05) is 57.9 Å². The fourth-order valence-corrected chi connectivity index (χ4v) is 4.09. The zero-order valence-corrected chi connectivity index (χ0v) is 20.6. The lowest BCUT2D eigenvalue weighted by Gasteiger charge is -2.26. The molecule has 3 heterocycles. The second kappa shape index (κ2) is 12.0. The molecule has 6 bridgehead atoms. The van der Waals surface area contributed by atoms with Crippen LogP contribution in [0.5, 0.6) is 11.5 Å². The lowest BCUT2D eigenvalue weighted by molar-refractivity contribution is 0.0383. The maximum Gasteiger partial charge on any atom is 0.255 e. The smallest absolute Gasteiger partial charge is 0.255 e. The number of halogens is 2. The minimum absolute atomic E-state index is 0.0114. The summed E-state index contributed by atoms with van der Waals surface area (Å²) in [6.45, 7) is 4.49. The number of hydrogen-bond donors (Lipinski definition) is 2. The summed E-state index contributed by atoms with van der Waals surface area (Å²) < 4.78 is 45.6. The molecule has 1 fully saturated rings. The van der Waals surface area contributed by atoms with Crippen LogP contribution in [0.4, 0.5) is 20.4 Å². The Labute approximate surface area is 218 Å². The molecule has 2 aromatic carbocycles. The predicted molar refractivity (Wildman–Crippen MR) is 137 cm³/mol. The average Bonchev–Trinajstić information content (AvgIpc) is 2.93. The van der Waals surface area contributed by atoms with E-state index in [2.05, 4.69) is 25.5 Å². The molecule has 1 amide bonds. The van der Waals surface area contributed by atoms with Crippen molar-refractivity contribution in [1.82, 2.24) is 20.2 Å². The molecule has 2 aliphatic heterocycles. The Kier molecular flexibility index (Phi) is 8.05. The molecule has 38 heavy (non-hydrogen) atoms. The molecular weight excluding hydrogens is 496 g/mol. The van der Waals surface area contributed by atoms with Crippen molar-refractivity contribution in [3.05, 3.63) is 71.9 Å². The maximum absolute atomic E-state index is 14.6. The van der Waals surface area contributed by atoms with Gasteiger partial charge in [0.1, 0.15) is 24.7 Å². The van der Waals surface area contributed by atoms with Gasteiger partial charge < -0.3 is 24.8 Å². The van der Waals surface area contributed by atoms with Gasteiger partial charge in [0.25, 0.3) is 5.91 Å². The third kappa shape index (κ3) is 6.24. The number of aromatic nitrogens is 2. The van der Waals surface area contributed by atoms with Crippen LogP contribution in [0.3, 0.4) is 0 Å². The normalized spacial score (nSPS) is 16.5. The van der Waals surface area contributed by atoms with Gasteiger partial charge in [0.2, 0.25) is 5.95 Å². The third-order valence-electron chi connectivity index (χ3n) is 6.09. The minimum atomic E-state index is -0.665. The number of carbonyl (C=O) groups is 1. The first-order valence-corrected chi connectivity index (χ1v) is 12.3. The quantitative estimate of drug-likeness (QED) is 0.501. The van der Waals surface area contributed by atoms with E-state index >= 15 is 0 Å². The van der Waals surface area contributed by atoms with Crippen molar-refractivity contribution < 1.29 is 27.8 Å². The van der Waals surface area contributed by atoms with Crippen LogP contribution in [-0.2, 0) is 4.74 Å². The largest absolute Gasteiger partial charge is 0.489 e. The van der Waals surface area contributed by atoms with Crippen LogP contribution in [0.15, 0.2) is 54.7 Å². The second-order valence-electron chi connectivity index (χ2n) is 8.67. The summed E-state index contributed by atoms with van der Waals surface area (Å²) in [5, 5.41) is 5.96. The highest BCUT2D eigenvalue weighted by Crippen LogP contribution is 2.29. The van der Waals surface area contributed by atoms with Crippen LogP contribution >= 0.6 is 0 Å². The Morgan fingerprint density at radius 1 is 1.00 bits per heavy atom. The van der Waals surface area contributed by atoms with E-state index in [4.69, 9.17) is 14.2 Å². The first kappa shape index (κ1) is 25.6. The highest BCUT2D eigenvalue weighted by Gasteiger charge is 2.17. The lowest BCUT2D eigenvalue weighted by atomic mass is 10.1. The summed E-state index contributed by atoms with van der Waals surface area (Å²) in [5.74, 6) is -1.08. The van der Waals surface area contributed by atoms with Crippen molar-refractivity contribution in [2.24, 2.45) is 0 Å². The van der Waals surface area contributed by atoms with Gasteiger partial charge in [-0.15, -0.1) is 0 Å². The topological polar surface area (TPSA) is 97.8 Å². The second-order valence-corrected chi connectivity index (χ2v) is 8.67. The van der Waals surface area contributed by atoms with Crippen LogP contribution in [0.25, 0.3) is 11.3 Å². The maximum atomic E-state index is 14.6. The number of ether oxygens (including phenoxy) is 3. The fourth-order valence-electron chi connectivity index (χ4n) is 4.09. The first-order chi connectivity index (χ1) is 18.6. The Bertz CT molecular complexity index is 1330. The van der Waals surface area contributed by atoms with Crippen molar-refractivity contribution in [3.63, 3.8) is 0 Å². The van der Waals surface area contributed by atoms with E-state index in [1.165, 1.54) is 18.2 Å². The van der Waals surface area contributed by atoms with Crippen molar-refractivity contribution >= 4 is 17.5 Å². The van der Waals surface area contributed by atoms with Crippen LogP contribution in [0.2, 0.25) is 0 Å². The number of rotatable bonds is 4. The number of benzene rings is 2. The van der Waals surface area contributed by atoms with Crippen LogP contribution in [0, 0.1) is 11.6 Å². The summed E-state index contributed by atoms with van der Waals surface area (Å²) in [6, 6.07) is 9.02. The molecule has 3 aromatic rings. The molecule has 0 unspecified atom stereocenters. The Morgan fingerprint density at radius 3 is 2.61 bits per heavy atom. The molecule has 5 rings (SSSR count). The van der Waals surface area contributed by atoms with Crippen LogP contribution < -0.4 is 20.1 Å². The first-order valence-electron chi connectivity index (χ1n) is 12.3. The van der Waals surface area contributed by atoms with E-state index in [0.717, 1.165) is 25.8 Å². The SMILES string of the molecule is O=C(NCCN1CCOCC1)c1ccc2cc1OC/C=C\COc1cc(ccc1F)-c1nc(ncc1F)N2. The van der Waals surface area contributed by atoms with Crippen LogP contribution in [0.1, 0.15) is 10.4 Å². The molecule has 9 nitrogen and oxygen atoms in total. The lowest BCUT2D eigenvalue weighted by Crippen LogP contribution is -2.41. The van der Waals surface area contributed by atoms with E-state index in [1.807, 2.05) is 0 Å². The number of fused-ring (bicyclic) bond motifs is 7. The van der Waals surface area contributed by atoms with E-state index in [0.29, 0.717) is 42.3 Å². The number of nitrogens with one attached hydrogen (secondary N) is 2. The summed E-state index contributed by atoms with van der Waals surface area (Å²) in [6.07, 6.45) is 4.42. The zero-order chi connectivity index (χ0) is 26.3. The zero-order valence-electron chi connectivity index (χ0n) is 20.6. The summed E-state index contributed by atoms with van der Waals surface area (Å²) in [7, 11) is 0. The molecule has 1 saturated heterocycles. The van der Waals surface area contributed by atoms with Gasteiger partial charge in [-0.1, -0.05) is 0 Å². The average molecular weight is 524 g/mol. The number of carbonyl (C=O) groups excluding carboxylic acids is 1. The van der Waals surface area contributed by atoms with Crippen molar-refractivity contribution in [3.8, 4) is 22.8 Å². The van der Waals surface area contributed by atoms with E-state index in [-0.39, 0.29) is 36.5 Å². The van der Waals surface area contributed by atoms with E-state index < -0.39 is 11.6 Å². The fraction of sp³-hybridized carbons (Fsp3) is 0.296. The summed E-state index contributed by atoms with van der Waals surface area (Å²) >= 11 is 0. The minimum Gasteiger partial charge on any atom is -0.489 e. The highest BCUT2D eigenvalue weighted by atomic mass is 19.1. The number of hydrogen-bond acceptors (Lipinski definition) is 8. The number of morpholine rings is 1. The Balaban J connectivity index is 1.39. The number of nitrogens with zero attached hydrogens (tertiary/aromatic N) is 3. The van der Waals surface area contributed by atoms with Gasteiger partial charge in [-0.3, -0.25) is 9.69 Å². The molecule has 0 saturated carbocycles. The third-order valence-corrected chi connectivity index (χ3v) is 6.09. The molecule has 198 valence electrons. The van der Waals surface area contributed by atoms with Gasteiger partial charge in [-0.2, -0.15) is 0 Å². The molecule has 0 spiro atoms. The summed E-state index contributed by atoms with van der Waals surface area (Å²) in [4.78, 5) is 23.5. The molecule has 0 aliphatic carbocycles. The van der Waals surface area contributed by atoms with Gasteiger partial charge in [-0.05, 0) is 42.5 Å². The van der Waals surface area contributed by atoms with Crippen LogP contribution in [-0.4, -0.2) is 73.4 Å². The Hall–Kier alpha value is -4.09. The number of amides is 1. The van der Waals surface area contributed by atoms with Crippen molar-refractivity contribution in [2.45, 2.75) is 0 Å². The molecule has 0 radical (unpaired) electrons. The van der Waals surface area contributed by atoms with Gasteiger partial charge in [0.05, 0.1) is 25.0 Å². The molecule has 0 atom stereocenters. The van der Waals surface area contributed by atoms with E-state index in [1.54, 1.807) is 30.4 Å². The predicted octanol–water partition coefficient (Wildman–Crippen LogP) is 3.55. The molecule has 11 heteroatoms. The van der Waals surface area contributed by atoms with Gasteiger partial charge >= 0.3 is 0 Å².